The van der Waals surface area contributed by atoms with E-state index < -0.39 is 12.3 Å². The molecule has 0 aliphatic carbocycles. The quantitative estimate of drug-likeness (QED) is 0.297. The summed E-state index contributed by atoms with van der Waals surface area (Å²) >= 11 is 0. The highest BCUT2D eigenvalue weighted by Gasteiger charge is 2.13. The second-order valence-electron chi connectivity index (χ2n) is 3.26. The van der Waals surface area contributed by atoms with Gasteiger partial charge in [0.05, 0.1) is 0 Å². The van der Waals surface area contributed by atoms with Gasteiger partial charge in [0.1, 0.15) is 0 Å². The van der Waals surface area contributed by atoms with Gasteiger partial charge in [0, 0.05) is 13.3 Å². The largest absolute Gasteiger partial charge is 0.425 e. The molecule has 92 valence electrons. The number of ether oxygens (including phenoxy) is 2. The van der Waals surface area contributed by atoms with E-state index in [1.807, 2.05) is 19.1 Å². The van der Waals surface area contributed by atoms with Crippen LogP contribution in [0.15, 0.2) is 12.2 Å². The van der Waals surface area contributed by atoms with E-state index in [9.17, 15) is 9.59 Å². The van der Waals surface area contributed by atoms with Gasteiger partial charge in [0.15, 0.2) is 6.54 Å². The Morgan fingerprint density at radius 1 is 1.31 bits per heavy atom. The average molecular weight is 230 g/mol. The Kier molecular flexibility index (Phi) is 8.15. The van der Waals surface area contributed by atoms with Gasteiger partial charge in [-0.25, -0.2) is 4.79 Å². The van der Waals surface area contributed by atoms with Crippen molar-refractivity contribution < 1.29 is 24.8 Å². The number of hydrogen-bond acceptors (Lipinski definition) is 4. The summed E-state index contributed by atoms with van der Waals surface area (Å²) < 4.78 is 9.61. The summed E-state index contributed by atoms with van der Waals surface area (Å²) in [6.07, 6.45) is 5.00. The molecule has 0 heterocycles. The van der Waals surface area contributed by atoms with Crippen LogP contribution < -0.4 is 5.73 Å². The summed E-state index contributed by atoms with van der Waals surface area (Å²) in [6.45, 7) is 3.47. The maximum atomic E-state index is 11.2. The van der Waals surface area contributed by atoms with Crippen LogP contribution in [0.5, 0.6) is 0 Å². The number of rotatable bonds is 7. The molecule has 3 N–H and O–H groups in total. The fourth-order valence-corrected chi connectivity index (χ4v) is 1.04. The van der Waals surface area contributed by atoms with Crippen molar-refractivity contribution in [1.82, 2.24) is 0 Å². The monoisotopic (exact) mass is 230 g/mol. The third kappa shape index (κ3) is 7.99. The lowest BCUT2D eigenvalue weighted by molar-refractivity contribution is -0.361. The van der Waals surface area contributed by atoms with E-state index in [0.717, 1.165) is 12.8 Å². The zero-order valence-corrected chi connectivity index (χ0v) is 9.90. The predicted molar refractivity (Wildman–Crippen MR) is 58.1 cm³/mol. The molecule has 1 unspecified atom stereocenters. The van der Waals surface area contributed by atoms with Crippen molar-refractivity contribution in [3.8, 4) is 0 Å². The molecule has 0 saturated heterocycles. The molecule has 0 saturated carbocycles. The highest BCUT2D eigenvalue weighted by atomic mass is 16.7. The molecular weight excluding hydrogens is 210 g/mol. The number of carbonyl (C=O) groups excluding carboxylic acids is 2. The summed E-state index contributed by atoms with van der Waals surface area (Å²) in [4.78, 5) is 22.1. The van der Waals surface area contributed by atoms with Crippen LogP contribution in [-0.2, 0) is 19.1 Å². The van der Waals surface area contributed by atoms with E-state index in [4.69, 9.17) is 9.47 Å². The summed E-state index contributed by atoms with van der Waals surface area (Å²) in [5.41, 5.74) is 3.37. The van der Waals surface area contributed by atoms with E-state index in [-0.39, 0.29) is 12.5 Å². The molecule has 16 heavy (non-hydrogen) atoms. The fourth-order valence-electron chi connectivity index (χ4n) is 1.04. The van der Waals surface area contributed by atoms with E-state index >= 15 is 0 Å². The molecule has 0 aromatic rings. The third-order valence-corrected chi connectivity index (χ3v) is 1.79. The molecule has 0 radical (unpaired) electrons. The van der Waals surface area contributed by atoms with Crippen molar-refractivity contribution in [3.05, 3.63) is 12.2 Å². The lowest BCUT2D eigenvalue weighted by Gasteiger charge is -2.12. The van der Waals surface area contributed by atoms with Crippen molar-refractivity contribution >= 4 is 11.9 Å². The predicted octanol–water partition coefficient (Wildman–Crippen LogP) is 0.407. The molecule has 5 nitrogen and oxygen atoms in total. The summed E-state index contributed by atoms with van der Waals surface area (Å²) in [7, 11) is 0. The fraction of sp³-hybridized carbons (Fsp3) is 0.636. The van der Waals surface area contributed by atoms with Crippen molar-refractivity contribution in [2.45, 2.75) is 39.4 Å². The summed E-state index contributed by atoms with van der Waals surface area (Å²) in [6, 6.07) is 0. The number of quaternary nitrogens is 1. The Morgan fingerprint density at radius 3 is 2.50 bits per heavy atom. The molecule has 0 aromatic carbocycles. The van der Waals surface area contributed by atoms with Crippen molar-refractivity contribution in [1.29, 1.82) is 0 Å². The molecule has 0 spiro atoms. The van der Waals surface area contributed by atoms with E-state index in [1.165, 1.54) is 6.92 Å². The minimum Gasteiger partial charge on any atom is -0.425 e. The normalized spacial score (nSPS) is 12.4. The first-order chi connectivity index (χ1) is 7.60. The highest BCUT2D eigenvalue weighted by Crippen LogP contribution is 2.02. The van der Waals surface area contributed by atoms with Gasteiger partial charge in [0.2, 0.25) is 6.29 Å². The van der Waals surface area contributed by atoms with Gasteiger partial charge in [-0.15, -0.1) is 0 Å². The maximum absolute atomic E-state index is 11.2. The van der Waals surface area contributed by atoms with Crippen LogP contribution in [0.3, 0.4) is 0 Å². The second-order valence-corrected chi connectivity index (χ2v) is 3.26. The van der Waals surface area contributed by atoms with Crippen molar-refractivity contribution in [3.63, 3.8) is 0 Å². The van der Waals surface area contributed by atoms with E-state index in [0.29, 0.717) is 6.42 Å². The van der Waals surface area contributed by atoms with E-state index in [1.54, 1.807) is 0 Å². The van der Waals surface area contributed by atoms with E-state index in [2.05, 4.69) is 5.73 Å². The molecule has 0 aromatic heterocycles. The summed E-state index contributed by atoms with van der Waals surface area (Å²) in [5.74, 6) is -0.830. The van der Waals surface area contributed by atoms with Crippen LogP contribution in [0.4, 0.5) is 0 Å². The van der Waals surface area contributed by atoms with Crippen LogP contribution in [0.2, 0.25) is 0 Å². The maximum Gasteiger partial charge on any atom is 0.364 e. The first kappa shape index (κ1) is 14.6. The van der Waals surface area contributed by atoms with Crippen LogP contribution in [0.1, 0.15) is 33.1 Å². The number of hydrogen-bond donors (Lipinski definition) is 1. The van der Waals surface area contributed by atoms with Gasteiger partial charge in [-0.1, -0.05) is 12.2 Å². The SMILES string of the molecule is C/C=C\CCCC(=O)OC(C)OC(=O)C[NH3+]. The first-order valence-corrected chi connectivity index (χ1v) is 5.39. The van der Waals surface area contributed by atoms with Gasteiger partial charge in [0.25, 0.3) is 0 Å². The Labute approximate surface area is 95.6 Å². The summed E-state index contributed by atoms with van der Waals surface area (Å²) in [5, 5.41) is 0. The Hall–Kier alpha value is -1.36. The molecule has 1 atom stereocenters. The highest BCUT2D eigenvalue weighted by molar-refractivity contribution is 5.71. The molecule has 0 aliphatic rings. The smallest absolute Gasteiger partial charge is 0.364 e. The number of carbonyl (C=O) groups is 2. The molecule has 0 fully saturated rings. The molecule has 5 heteroatoms. The average Bonchev–Trinajstić information content (AvgIpc) is 2.24. The van der Waals surface area contributed by atoms with Crippen LogP contribution in [0.25, 0.3) is 0 Å². The molecule has 0 amide bonds. The minimum absolute atomic E-state index is 0.0309. The van der Waals surface area contributed by atoms with Crippen LogP contribution >= 0.6 is 0 Å². The van der Waals surface area contributed by atoms with Gasteiger partial charge in [-0.3, -0.25) is 4.79 Å². The zero-order valence-electron chi connectivity index (χ0n) is 9.90. The lowest BCUT2D eigenvalue weighted by atomic mass is 10.2. The second kappa shape index (κ2) is 8.91. The topological polar surface area (TPSA) is 80.2 Å². The lowest BCUT2D eigenvalue weighted by Crippen LogP contribution is -2.55. The third-order valence-electron chi connectivity index (χ3n) is 1.79. The van der Waals surface area contributed by atoms with Gasteiger partial charge in [-0.2, -0.15) is 0 Å². The Morgan fingerprint density at radius 2 is 1.94 bits per heavy atom. The first-order valence-electron chi connectivity index (χ1n) is 5.39. The minimum atomic E-state index is -0.830. The number of allylic oxidation sites excluding steroid dienone is 2. The number of unbranched alkanes of at least 4 members (excludes halogenated alkanes) is 1. The van der Waals surface area contributed by atoms with Gasteiger partial charge >= 0.3 is 11.9 Å². The van der Waals surface area contributed by atoms with Crippen molar-refractivity contribution in [2.24, 2.45) is 0 Å². The Bertz CT molecular complexity index is 250. The zero-order chi connectivity index (χ0) is 12.4. The molecule has 0 rings (SSSR count). The Balaban J connectivity index is 3.65. The molecular formula is C11H20NO4+. The molecule has 0 aliphatic heterocycles. The molecule has 0 bridgehead atoms. The van der Waals surface area contributed by atoms with Crippen LogP contribution in [-0.4, -0.2) is 24.8 Å². The van der Waals surface area contributed by atoms with Crippen LogP contribution in [0, 0.1) is 0 Å². The standard InChI is InChI=1S/C11H19NO4/c1-3-4-5-6-7-10(13)15-9(2)16-11(14)8-12/h3-4,9H,5-8,12H2,1-2H3/p+1/b4-3-. The van der Waals surface area contributed by atoms with Crippen molar-refractivity contribution in [2.75, 3.05) is 6.54 Å². The van der Waals surface area contributed by atoms with Gasteiger partial charge < -0.3 is 15.2 Å². The van der Waals surface area contributed by atoms with Gasteiger partial charge in [-0.05, 0) is 19.8 Å². The number of esters is 2.